The van der Waals surface area contributed by atoms with E-state index in [0.717, 1.165) is 28.6 Å². The summed E-state index contributed by atoms with van der Waals surface area (Å²) in [5, 5.41) is 4.83. The van der Waals surface area contributed by atoms with Gasteiger partial charge in [0.2, 0.25) is 5.91 Å². The molecule has 2 aromatic rings. The highest BCUT2D eigenvalue weighted by Crippen LogP contribution is 2.30. The third-order valence-electron chi connectivity index (χ3n) is 2.75. The number of thiazole rings is 1. The van der Waals surface area contributed by atoms with Crippen molar-refractivity contribution in [2.45, 2.75) is 29.9 Å². The fraction of sp³-hybridized carbons (Fsp3) is 0.333. The largest absolute Gasteiger partial charge is 0.355 e. The number of carbonyl (C=O) groups is 1. The number of nitrogens with zero attached hydrogens (tertiary/aromatic N) is 1. The van der Waals surface area contributed by atoms with Crippen LogP contribution in [0.3, 0.4) is 0 Å². The van der Waals surface area contributed by atoms with E-state index in [1.165, 1.54) is 11.8 Å². The van der Waals surface area contributed by atoms with E-state index in [4.69, 9.17) is 0 Å². The molecule has 1 N–H and O–H groups in total. The van der Waals surface area contributed by atoms with Crippen LogP contribution < -0.4 is 5.32 Å². The van der Waals surface area contributed by atoms with Gasteiger partial charge in [0.1, 0.15) is 0 Å². The number of aromatic nitrogens is 1. The summed E-state index contributed by atoms with van der Waals surface area (Å²) < 4.78 is 0.933. The molecule has 0 saturated carbocycles. The normalized spacial score (nSPS) is 12.1. The van der Waals surface area contributed by atoms with E-state index >= 15 is 0 Å². The predicted molar refractivity (Wildman–Crippen MR) is 86.2 cm³/mol. The minimum atomic E-state index is -0.115. The predicted octanol–water partition coefficient (Wildman–Crippen LogP) is 3.82. The molecule has 1 heterocycles. The first kappa shape index (κ1) is 15.1. The quantitative estimate of drug-likeness (QED) is 0.825. The maximum Gasteiger partial charge on any atom is 0.233 e. The van der Waals surface area contributed by atoms with Crippen LogP contribution in [0.25, 0.3) is 11.3 Å². The number of benzene rings is 1. The first-order chi connectivity index (χ1) is 9.70. The second-order valence-electron chi connectivity index (χ2n) is 4.42. The van der Waals surface area contributed by atoms with E-state index in [2.05, 4.69) is 10.3 Å². The van der Waals surface area contributed by atoms with Crippen molar-refractivity contribution in [2.24, 2.45) is 0 Å². The van der Waals surface area contributed by atoms with Gasteiger partial charge in [0, 0.05) is 17.5 Å². The standard InChI is InChI=1S/C15H18N2OS2/c1-3-9-16-14(18)11(2)20-15-17-13(10-19-15)12-7-5-4-6-8-12/h4-8,10-11H,3,9H2,1-2H3,(H,16,18)/t11-/m0/s1. The first-order valence-corrected chi connectivity index (χ1v) is 8.42. The van der Waals surface area contributed by atoms with Gasteiger partial charge in [-0.2, -0.15) is 0 Å². The van der Waals surface area contributed by atoms with E-state index in [0.29, 0.717) is 0 Å². The molecule has 5 heteroatoms. The van der Waals surface area contributed by atoms with Crippen molar-refractivity contribution in [3.63, 3.8) is 0 Å². The lowest BCUT2D eigenvalue weighted by atomic mass is 10.2. The maximum atomic E-state index is 11.8. The van der Waals surface area contributed by atoms with Crippen LogP contribution >= 0.6 is 23.1 Å². The molecule has 2 rings (SSSR count). The van der Waals surface area contributed by atoms with Crippen molar-refractivity contribution in [2.75, 3.05) is 6.54 Å². The van der Waals surface area contributed by atoms with Gasteiger partial charge in [-0.25, -0.2) is 4.98 Å². The number of hydrogen-bond donors (Lipinski definition) is 1. The number of amides is 1. The highest BCUT2D eigenvalue weighted by molar-refractivity contribution is 8.02. The molecule has 106 valence electrons. The van der Waals surface area contributed by atoms with Crippen LogP contribution in [0.4, 0.5) is 0 Å². The molecular formula is C15H18N2OS2. The van der Waals surface area contributed by atoms with Crippen LogP contribution in [-0.2, 0) is 4.79 Å². The topological polar surface area (TPSA) is 42.0 Å². The Morgan fingerprint density at radius 2 is 2.15 bits per heavy atom. The molecule has 0 spiro atoms. The Kier molecular flexibility index (Phi) is 5.61. The van der Waals surface area contributed by atoms with Crippen molar-refractivity contribution in [3.05, 3.63) is 35.7 Å². The highest BCUT2D eigenvalue weighted by atomic mass is 32.2. The number of carbonyl (C=O) groups excluding carboxylic acids is 1. The Hall–Kier alpha value is -1.33. The van der Waals surface area contributed by atoms with E-state index in [9.17, 15) is 4.79 Å². The van der Waals surface area contributed by atoms with Gasteiger partial charge in [0.05, 0.1) is 10.9 Å². The van der Waals surface area contributed by atoms with Crippen LogP contribution in [0, 0.1) is 0 Å². The molecule has 3 nitrogen and oxygen atoms in total. The van der Waals surface area contributed by atoms with Crippen molar-refractivity contribution >= 4 is 29.0 Å². The van der Waals surface area contributed by atoms with Crippen LogP contribution in [-0.4, -0.2) is 22.7 Å². The van der Waals surface area contributed by atoms with Crippen molar-refractivity contribution < 1.29 is 4.79 Å². The zero-order valence-corrected chi connectivity index (χ0v) is 13.3. The van der Waals surface area contributed by atoms with Gasteiger partial charge in [-0.3, -0.25) is 4.79 Å². The van der Waals surface area contributed by atoms with Gasteiger partial charge in [-0.1, -0.05) is 49.0 Å². The average Bonchev–Trinajstić information content (AvgIpc) is 2.94. The second kappa shape index (κ2) is 7.45. The first-order valence-electron chi connectivity index (χ1n) is 6.66. The SMILES string of the molecule is CCCNC(=O)[C@H](C)Sc1nc(-c2ccccc2)cs1. The molecule has 1 aromatic heterocycles. The van der Waals surface area contributed by atoms with Gasteiger partial charge < -0.3 is 5.32 Å². The van der Waals surface area contributed by atoms with Gasteiger partial charge in [-0.15, -0.1) is 11.3 Å². The van der Waals surface area contributed by atoms with Crippen molar-refractivity contribution in [1.82, 2.24) is 10.3 Å². The van der Waals surface area contributed by atoms with E-state index < -0.39 is 0 Å². The number of nitrogens with one attached hydrogen (secondary N) is 1. The Morgan fingerprint density at radius 1 is 1.40 bits per heavy atom. The lowest BCUT2D eigenvalue weighted by Crippen LogP contribution is -2.31. The van der Waals surface area contributed by atoms with Gasteiger partial charge in [-0.05, 0) is 13.3 Å². The van der Waals surface area contributed by atoms with Crippen molar-refractivity contribution in [1.29, 1.82) is 0 Å². The van der Waals surface area contributed by atoms with Gasteiger partial charge in [0.15, 0.2) is 4.34 Å². The summed E-state index contributed by atoms with van der Waals surface area (Å²) in [5.41, 5.74) is 2.08. The third-order valence-corrected chi connectivity index (χ3v) is 4.82. The molecule has 0 aliphatic rings. The van der Waals surface area contributed by atoms with E-state index in [1.807, 2.05) is 49.6 Å². The molecule has 0 bridgehead atoms. The van der Waals surface area contributed by atoms with Crippen LogP contribution in [0.1, 0.15) is 20.3 Å². The molecular weight excluding hydrogens is 288 g/mol. The monoisotopic (exact) mass is 306 g/mol. The summed E-state index contributed by atoms with van der Waals surface area (Å²) >= 11 is 3.10. The number of hydrogen-bond acceptors (Lipinski definition) is 4. The maximum absolute atomic E-state index is 11.8. The zero-order valence-electron chi connectivity index (χ0n) is 11.6. The summed E-state index contributed by atoms with van der Waals surface area (Å²) in [6.07, 6.45) is 0.957. The fourth-order valence-electron chi connectivity index (χ4n) is 1.65. The summed E-state index contributed by atoms with van der Waals surface area (Å²) in [4.78, 5) is 16.4. The highest BCUT2D eigenvalue weighted by Gasteiger charge is 2.16. The minimum absolute atomic E-state index is 0.0771. The lowest BCUT2D eigenvalue weighted by Gasteiger charge is -2.09. The molecule has 0 radical (unpaired) electrons. The molecule has 1 atom stereocenters. The summed E-state index contributed by atoms with van der Waals surface area (Å²) in [5.74, 6) is 0.0771. The Morgan fingerprint density at radius 3 is 2.85 bits per heavy atom. The molecule has 1 amide bonds. The Labute approximate surface area is 127 Å². The molecule has 1 aromatic carbocycles. The summed E-state index contributed by atoms with van der Waals surface area (Å²) in [6, 6.07) is 10.1. The van der Waals surface area contributed by atoms with Crippen LogP contribution in [0.15, 0.2) is 40.1 Å². The third kappa shape index (κ3) is 4.08. The smallest absolute Gasteiger partial charge is 0.233 e. The zero-order chi connectivity index (χ0) is 14.4. The van der Waals surface area contributed by atoms with E-state index in [-0.39, 0.29) is 11.2 Å². The lowest BCUT2D eigenvalue weighted by molar-refractivity contribution is -0.120. The molecule has 0 fully saturated rings. The van der Waals surface area contributed by atoms with Crippen LogP contribution in [0.5, 0.6) is 0 Å². The van der Waals surface area contributed by atoms with Crippen molar-refractivity contribution in [3.8, 4) is 11.3 Å². The molecule has 20 heavy (non-hydrogen) atoms. The Balaban J connectivity index is 1.98. The fourth-order valence-corrected chi connectivity index (χ4v) is 3.65. The van der Waals surface area contributed by atoms with Gasteiger partial charge >= 0.3 is 0 Å². The summed E-state index contributed by atoms with van der Waals surface area (Å²) in [7, 11) is 0. The molecule has 0 unspecified atom stereocenters. The Bertz CT molecular complexity index is 554. The molecule has 0 saturated heterocycles. The second-order valence-corrected chi connectivity index (χ2v) is 6.86. The number of thioether (sulfide) groups is 1. The molecule has 0 aliphatic heterocycles. The van der Waals surface area contributed by atoms with Crippen LogP contribution in [0.2, 0.25) is 0 Å². The average molecular weight is 306 g/mol. The summed E-state index contributed by atoms with van der Waals surface area (Å²) in [6.45, 7) is 4.70. The molecule has 0 aliphatic carbocycles. The number of rotatable bonds is 6. The van der Waals surface area contributed by atoms with Gasteiger partial charge in [0.25, 0.3) is 0 Å². The van der Waals surface area contributed by atoms with E-state index in [1.54, 1.807) is 11.3 Å². The minimum Gasteiger partial charge on any atom is -0.355 e.